The van der Waals surface area contributed by atoms with Crippen molar-refractivity contribution in [3.8, 4) is 0 Å². The van der Waals surface area contributed by atoms with Crippen LogP contribution in [0, 0.1) is 5.41 Å². The largest absolute Gasteiger partial charge is 0.481 e. The van der Waals surface area contributed by atoms with Crippen LogP contribution in [0.3, 0.4) is 0 Å². The quantitative estimate of drug-likeness (QED) is 0.0261. The van der Waals surface area contributed by atoms with Crippen molar-refractivity contribution in [3.63, 3.8) is 0 Å². The summed E-state index contributed by atoms with van der Waals surface area (Å²) in [5, 5.41) is 26.1. The Balaban J connectivity index is 0.00000901. The van der Waals surface area contributed by atoms with Crippen molar-refractivity contribution >= 4 is 71.0 Å². The van der Waals surface area contributed by atoms with E-state index in [1.54, 1.807) is 0 Å². The Labute approximate surface area is 304 Å². The molecule has 7 atom stereocenters. The number of phosphoric acid groups is 3. The molecule has 3 rings (SSSR count). The van der Waals surface area contributed by atoms with E-state index in [2.05, 4.69) is 52.0 Å². The summed E-state index contributed by atoms with van der Waals surface area (Å²) in [4.78, 5) is 88.7. The standard InChI is InChI=1S/C22H34N7O17P3S.Fe/c1-22(2,17(33)20(34)24-4-3-13(31)23-5-6-50)8-43-49(40,41)46-48(38,39)42-7-12-16(45-47(35,36)37)15(32)21(44-12)29-10-27-14-18(28-11-30)25-9-26-19(14)29;/h9-10,12,15-17,21,32-33,50H,3-8H2,1-2H3,(H,23,31)(H,24,34)(H,38,39)(H,40,41)(H2,35,36,37);/t12-,15-,16-,17+,21-;/m1./s1. The number of nitrogens with one attached hydrogen (secondary N) is 2. The number of fused-ring (bicyclic) bond motifs is 1. The van der Waals surface area contributed by atoms with Crippen LogP contribution in [0.4, 0.5) is 5.82 Å². The molecule has 0 bridgehead atoms. The van der Waals surface area contributed by atoms with E-state index in [4.69, 9.17) is 13.8 Å². The number of amides is 2. The molecule has 0 radical (unpaired) electrons. The van der Waals surface area contributed by atoms with E-state index in [9.17, 15) is 57.9 Å². The molecule has 51 heavy (non-hydrogen) atoms. The van der Waals surface area contributed by atoms with Crippen LogP contribution in [-0.4, -0.2) is 124 Å². The summed E-state index contributed by atoms with van der Waals surface area (Å²) in [5.41, 5.74) is -1.74. The number of isocyanates is 1. The topological polar surface area (TPSA) is 350 Å². The van der Waals surface area contributed by atoms with Gasteiger partial charge in [-0.25, -0.2) is 33.4 Å². The first-order valence-electron chi connectivity index (χ1n) is 14.0. The van der Waals surface area contributed by atoms with E-state index >= 15 is 0 Å². The minimum atomic E-state index is -5.58. The molecule has 1 aliphatic rings. The molecule has 2 unspecified atom stereocenters. The Morgan fingerprint density at radius 1 is 1.12 bits per heavy atom. The third-order valence-corrected chi connectivity index (χ3v) is 9.94. The summed E-state index contributed by atoms with van der Waals surface area (Å²) in [6, 6.07) is 0. The van der Waals surface area contributed by atoms with Gasteiger partial charge in [0.15, 0.2) is 23.2 Å². The maximum atomic E-state index is 12.6. The fourth-order valence-corrected chi connectivity index (χ4v) is 7.17. The minimum Gasteiger partial charge on any atom is -0.386 e. The van der Waals surface area contributed by atoms with Crippen molar-refractivity contribution in [2.24, 2.45) is 10.4 Å². The zero-order chi connectivity index (χ0) is 37.5. The number of carbonyl (C=O) groups is 2. The average Bonchev–Trinajstić information content (AvgIpc) is 3.57. The Kier molecular flexibility index (Phi) is 16.7. The fourth-order valence-electron chi connectivity index (χ4n) is 4.23. The predicted octanol–water partition coefficient (Wildman–Crippen LogP) is -1.28. The van der Waals surface area contributed by atoms with Gasteiger partial charge in [0.2, 0.25) is 17.9 Å². The van der Waals surface area contributed by atoms with Crippen LogP contribution in [0.15, 0.2) is 17.6 Å². The van der Waals surface area contributed by atoms with Crippen molar-refractivity contribution in [2.45, 2.75) is 50.9 Å². The van der Waals surface area contributed by atoms with Crippen molar-refractivity contribution in [2.75, 3.05) is 32.1 Å². The number of ether oxygens (including phenoxy) is 1. The predicted molar refractivity (Wildman–Crippen MR) is 167 cm³/mol. The van der Waals surface area contributed by atoms with Gasteiger partial charge in [0.05, 0.1) is 19.5 Å². The maximum absolute atomic E-state index is 12.6. The molecule has 288 valence electrons. The average molecular weight is 849 g/mol. The number of aromatic nitrogens is 4. The second-order valence-corrected chi connectivity index (χ2v) is 15.6. The third kappa shape index (κ3) is 13.1. The van der Waals surface area contributed by atoms with Gasteiger partial charge < -0.3 is 45.2 Å². The molecule has 2 aromatic rings. The van der Waals surface area contributed by atoms with Gasteiger partial charge in [-0.15, -0.1) is 4.99 Å². The smallest absolute Gasteiger partial charge is 0.386 e. The molecule has 0 aromatic carbocycles. The molecule has 1 fully saturated rings. The third-order valence-electron chi connectivity index (χ3n) is 6.62. The van der Waals surface area contributed by atoms with Crippen molar-refractivity contribution in [1.29, 1.82) is 0 Å². The first-order chi connectivity index (χ1) is 23.2. The van der Waals surface area contributed by atoms with Gasteiger partial charge in [-0.1, -0.05) is 13.8 Å². The van der Waals surface area contributed by atoms with Crippen LogP contribution in [0.25, 0.3) is 11.2 Å². The molecule has 24 nitrogen and oxygen atoms in total. The molecule has 0 spiro atoms. The first-order valence-corrected chi connectivity index (χ1v) is 19.2. The molecule has 0 aliphatic carbocycles. The van der Waals surface area contributed by atoms with Crippen LogP contribution in [0.5, 0.6) is 0 Å². The van der Waals surface area contributed by atoms with E-state index < -0.39 is 78.6 Å². The molecular formula is C22H34FeN7O17P3S. The molecule has 1 aliphatic heterocycles. The summed E-state index contributed by atoms with van der Waals surface area (Å²) in [5.74, 6) is -1.15. The number of phosphoric ester groups is 3. The van der Waals surface area contributed by atoms with E-state index in [0.717, 1.165) is 17.2 Å². The zero-order valence-corrected chi connectivity index (χ0v) is 31.0. The minimum absolute atomic E-state index is 0. The van der Waals surface area contributed by atoms with Gasteiger partial charge >= 0.3 is 23.5 Å². The van der Waals surface area contributed by atoms with Gasteiger partial charge in [0.25, 0.3) is 0 Å². The number of aliphatic hydroxyl groups excluding tert-OH is 2. The van der Waals surface area contributed by atoms with Crippen LogP contribution < -0.4 is 10.6 Å². The van der Waals surface area contributed by atoms with Gasteiger partial charge in [-0.3, -0.25) is 27.7 Å². The molecule has 0 saturated carbocycles. The van der Waals surface area contributed by atoms with Crippen molar-refractivity contribution in [1.82, 2.24) is 30.2 Å². The number of hydrogen-bond acceptors (Lipinski definition) is 18. The van der Waals surface area contributed by atoms with Gasteiger partial charge in [0.1, 0.15) is 30.7 Å². The second-order valence-electron chi connectivity index (χ2n) is 10.9. The SMILES string of the molecule is CC(C)(COP(=O)(O)OP(=O)(O)OC[C@H]1O[C@@H](n2cnc3c(N=C=O)ncnc32)[C@H](O)[C@@H]1OP(=O)(O)O)[C@@H](O)C(=O)NCCC(=O)NCCS.[Fe]. The number of carbonyl (C=O) groups excluding carboxylic acids is 3. The number of rotatable bonds is 19. The Morgan fingerprint density at radius 3 is 2.41 bits per heavy atom. The summed E-state index contributed by atoms with van der Waals surface area (Å²) < 4.78 is 61.7. The van der Waals surface area contributed by atoms with E-state index in [1.165, 1.54) is 19.9 Å². The number of nitrogens with zero attached hydrogens (tertiary/aromatic N) is 5. The Hall–Kier alpha value is -2.01. The molecule has 3 heterocycles. The first kappa shape index (κ1) is 45.1. The molecular weight excluding hydrogens is 815 g/mol. The molecule has 2 aromatic heterocycles. The van der Waals surface area contributed by atoms with Crippen LogP contribution in [0.1, 0.15) is 26.5 Å². The summed E-state index contributed by atoms with van der Waals surface area (Å²) in [6.45, 7) is 0.619. The van der Waals surface area contributed by atoms with Gasteiger partial charge in [-0.05, 0) is 0 Å². The fraction of sp³-hybridized carbons (Fsp3) is 0.636. The number of hydrogen-bond donors (Lipinski definition) is 9. The van der Waals surface area contributed by atoms with Gasteiger partial charge in [0, 0.05) is 47.7 Å². The van der Waals surface area contributed by atoms with Crippen LogP contribution in [0.2, 0.25) is 0 Å². The van der Waals surface area contributed by atoms with Crippen LogP contribution >= 0.6 is 36.1 Å². The zero-order valence-electron chi connectivity index (χ0n) is 26.3. The molecule has 8 N–H and O–H groups in total. The summed E-state index contributed by atoms with van der Waals surface area (Å²) >= 11 is 3.95. The van der Waals surface area contributed by atoms with Crippen molar-refractivity contribution < 1.29 is 97.6 Å². The van der Waals surface area contributed by atoms with Crippen molar-refractivity contribution in [3.05, 3.63) is 12.7 Å². The number of aliphatic hydroxyl groups is 2. The molecule has 1 saturated heterocycles. The second kappa shape index (κ2) is 18.8. The number of aliphatic imine (C=N–C) groups is 1. The van der Waals surface area contributed by atoms with Crippen LogP contribution in [-0.2, 0) is 67.8 Å². The Bertz CT molecular complexity index is 1730. The maximum Gasteiger partial charge on any atom is 0.481 e. The number of thiol groups is 1. The number of imidazole rings is 1. The van der Waals surface area contributed by atoms with E-state index in [1.807, 2.05) is 0 Å². The molecule has 2 amide bonds. The van der Waals surface area contributed by atoms with E-state index in [-0.39, 0.29) is 52.9 Å². The van der Waals surface area contributed by atoms with Gasteiger partial charge in [-0.2, -0.15) is 16.9 Å². The Morgan fingerprint density at radius 2 is 1.78 bits per heavy atom. The molecule has 29 heteroatoms. The summed E-state index contributed by atoms with van der Waals surface area (Å²) in [7, 11) is -16.4. The monoisotopic (exact) mass is 849 g/mol. The summed E-state index contributed by atoms with van der Waals surface area (Å²) in [6.07, 6.45) is -5.93. The van der Waals surface area contributed by atoms with E-state index in [0.29, 0.717) is 12.3 Å². The normalized spacial score (nSPS) is 22.2.